The Morgan fingerprint density at radius 3 is 3.00 bits per heavy atom. The number of unbranched alkanes of at least 4 members (excludes halogenated alkanes) is 2. The lowest BCUT2D eigenvalue weighted by Gasteiger charge is -2.21. The van der Waals surface area contributed by atoms with Crippen LogP contribution in [0.1, 0.15) is 62.6 Å². The molecular weight excluding hydrogens is 264 g/mol. The van der Waals surface area contributed by atoms with E-state index in [1.807, 2.05) is 14.0 Å². The highest BCUT2D eigenvalue weighted by molar-refractivity contribution is 5.69. The largest absolute Gasteiger partial charge is 0.466 e. The molecule has 0 amide bonds. The number of aromatic nitrogens is 1. The van der Waals surface area contributed by atoms with E-state index in [4.69, 9.17) is 4.74 Å². The normalized spacial score (nSPS) is 17.5. The SMILES string of the molecule is CCOC(=O)CCCCCn1cc2c(c1)C(NC)CCC2. The number of nitrogens with one attached hydrogen (secondary N) is 1. The molecule has 0 saturated carbocycles. The molecule has 1 atom stereocenters. The number of rotatable bonds is 8. The van der Waals surface area contributed by atoms with Crippen LogP contribution in [0, 0.1) is 0 Å². The van der Waals surface area contributed by atoms with Crippen LogP contribution in [0.4, 0.5) is 0 Å². The van der Waals surface area contributed by atoms with E-state index < -0.39 is 0 Å². The molecule has 1 aliphatic rings. The predicted molar refractivity (Wildman–Crippen MR) is 84.3 cm³/mol. The number of esters is 1. The highest BCUT2D eigenvalue weighted by atomic mass is 16.5. The number of carbonyl (C=O) groups is 1. The van der Waals surface area contributed by atoms with Gasteiger partial charge in [-0.2, -0.15) is 0 Å². The molecule has 1 aliphatic carbocycles. The van der Waals surface area contributed by atoms with Gasteiger partial charge in [-0.25, -0.2) is 0 Å². The van der Waals surface area contributed by atoms with Gasteiger partial charge in [0.05, 0.1) is 6.61 Å². The summed E-state index contributed by atoms with van der Waals surface area (Å²) in [5.74, 6) is -0.0641. The molecule has 4 heteroatoms. The van der Waals surface area contributed by atoms with Crippen LogP contribution >= 0.6 is 0 Å². The molecule has 0 saturated heterocycles. The first-order valence-electron chi connectivity index (χ1n) is 8.26. The Morgan fingerprint density at radius 1 is 1.38 bits per heavy atom. The van der Waals surface area contributed by atoms with Gasteiger partial charge in [0.2, 0.25) is 0 Å². The summed E-state index contributed by atoms with van der Waals surface area (Å²) in [7, 11) is 2.05. The fourth-order valence-corrected chi connectivity index (χ4v) is 3.15. The first-order valence-corrected chi connectivity index (χ1v) is 8.26. The highest BCUT2D eigenvalue weighted by Crippen LogP contribution is 2.30. The fraction of sp³-hybridized carbons (Fsp3) is 0.706. The van der Waals surface area contributed by atoms with Gasteiger partial charge in [0.15, 0.2) is 0 Å². The maximum Gasteiger partial charge on any atom is 0.305 e. The minimum absolute atomic E-state index is 0.0641. The summed E-state index contributed by atoms with van der Waals surface area (Å²) in [6, 6.07) is 0.527. The van der Waals surface area contributed by atoms with Crippen molar-refractivity contribution in [3.63, 3.8) is 0 Å². The van der Waals surface area contributed by atoms with Crippen molar-refractivity contribution < 1.29 is 9.53 Å². The standard InChI is InChI=1S/C17H28N2O2/c1-3-21-17(20)10-5-4-6-11-19-12-14-8-7-9-16(18-2)15(14)13-19/h12-13,16,18H,3-11H2,1-2H3. The molecule has 21 heavy (non-hydrogen) atoms. The number of ether oxygens (including phenoxy) is 1. The monoisotopic (exact) mass is 292 g/mol. The summed E-state index contributed by atoms with van der Waals surface area (Å²) in [6.07, 6.45) is 12.0. The van der Waals surface area contributed by atoms with Crippen molar-refractivity contribution in [1.82, 2.24) is 9.88 Å². The third kappa shape index (κ3) is 4.60. The molecule has 2 rings (SSSR count). The van der Waals surface area contributed by atoms with E-state index in [2.05, 4.69) is 22.3 Å². The summed E-state index contributed by atoms with van der Waals surface area (Å²) in [5.41, 5.74) is 2.99. The molecular formula is C17H28N2O2. The highest BCUT2D eigenvalue weighted by Gasteiger charge is 2.20. The van der Waals surface area contributed by atoms with Gasteiger partial charge in [-0.3, -0.25) is 4.79 Å². The fourth-order valence-electron chi connectivity index (χ4n) is 3.15. The molecule has 0 aromatic carbocycles. The number of carbonyl (C=O) groups excluding carboxylic acids is 1. The van der Waals surface area contributed by atoms with E-state index in [1.165, 1.54) is 30.4 Å². The zero-order chi connectivity index (χ0) is 15.1. The van der Waals surface area contributed by atoms with Gasteiger partial charge in [-0.05, 0) is 57.2 Å². The average molecular weight is 292 g/mol. The van der Waals surface area contributed by atoms with E-state index in [0.717, 1.165) is 25.8 Å². The quantitative estimate of drug-likeness (QED) is 0.591. The lowest BCUT2D eigenvalue weighted by atomic mass is 9.91. The molecule has 1 N–H and O–H groups in total. The molecule has 1 aromatic rings. The molecule has 118 valence electrons. The third-order valence-electron chi connectivity index (χ3n) is 4.26. The van der Waals surface area contributed by atoms with Crippen LogP contribution in [0.15, 0.2) is 12.4 Å². The number of fused-ring (bicyclic) bond motifs is 1. The zero-order valence-corrected chi connectivity index (χ0v) is 13.4. The molecule has 0 spiro atoms. The molecule has 1 unspecified atom stereocenters. The van der Waals surface area contributed by atoms with Crippen molar-refractivity contribution in [3.05, 3.63) is 23.5 Å². The van der Waals surface area contributed by atoms with Crippen LogP contribution < -0.4 is 5.32 Å². The molecule has 0 fully saturated rings. The lowest BCUT2D eigenvalue weighted by molar-refractivity contribution is -0.143. The summed E-state index contributed by atoms with van der Waals surface area (Å²) in [4.78, 5) is 11.2. The van der Waals surface area contributed by atoms with Crippen LogP contribution in [-0.4, -0.2) is 24.2 Å². The minimum atomic E-state index is -0.0641. The topological polar surface area (TPSA) is 43.3 Å². The molecule has 4 nitrogen and oxygen atoms in total. The van der Waals surface area contributed by atoms with E-state index in [-0.39, 0.29) is 5.97 Å². The maximum atomic E-state index is 11.2. The Morgan fingerprint density at radius 2 is 2.24 bits per heavy atom. The van der Waals surface area contributed by atoms with Crippen molar-refractivity contribution in [3.8, 4) is 0 Å². The van der Waals surface area contributed by atoms with Crippen molar-refractivity contribution in [2.75, 3.05) is 13.7 Å². The van der Waals surface area contributed by atoms with Gasteiger partial charge in [-0.1, -0.05) is 6.42 Å². The number of aryl methyl sites for hydroxylation is 2. The van der Waals surface area contributed by atoms with Gasteiger partial charge in [-0.15, -0.1) is 0 Å². The molecule has 0 bridgehead atoms. The predicted octanol–water partition coefficient (Wildman–Crippen LogP) is 3.21. The van der Waals surface area contributed by atoms with Crippen LogP contribution in [0.5, 0.6) is 0 Å². The Bertz CT molecular complexity index is 454. The molecule has 0 aliphatic heterocycles. The summed E-state index contributed by atoms with van der Waals surface area (Å²) in [5, 5.41) is 3.41. The Balaban J connectivity index is 1.72. The van der Waals surface area contributed by atoms with Crippen molar-refractivity contribution in [2.45, 2.75) is 64.5 Å². The molecule has 1 aromatic heterocycles. The van der Waals surface area contributed by atoms with E-state index in [0.29, 0.717) is 19.1 Å². The summed E-state index contributed by atoms with van der Waals surface area (Å²) < 4.78 is 7.26. The van der Waals surface area contributed by atoms with E-state index >= 15 is 0 Å². The number of hydrogen-bond donors (Lipinski definition) is 1. The van der Waals surface area contributed by atoms with Crippen molar-refractivity contribution >= 4 is 5.97 Å². The number of hydrogen-bond acceptors (Lipinski definition) is 3. The lowest BCUT2D eigenvalue weighted by Crippen LogP contribution is -2.20. The second kappa shape index (κ2) is 8.23. The second-order valence-electron chi connectivity index (χ2n) is 5.83. The van der Waals surface area contributed by atoms with Gasteiger partial charge < -0.3 is 14.6 Å². The summed E-state index contributed by atoms with van der Waals surface area (Å²) in [6.45, 7) is 3.39. The first kappa shape index (κ1) is 16.1. The van der Waals surface area contributed by atoms with Crippen LogP contribution in [0.2, 0.25) is 0 Å². The van der Waals surface area contributed by atoms with Crippen LogP contribution in [0.25, 0.3) is 0 Å². The minimum Gasteiger partial charge on any atom is -0.466 e. The average Bonchev–Trinajstić information content (AvgIpc) is 2.89. The van der Waals surface area contributed by atoms with Crippen molar-refractivity contribution in [2.24, 2.45) is 0 Å². The van der Waals surface area contributed by atoms with E-state index in [9.17, 15) is 4.79 Å². The molecule has 1 heterocycles. The van der Waals surface area contributed by atoms with Gasteiger partial charge >= 0.3 is 5.97 Å². The second-order valence-corrected chi connectivity index (χ2v) is 5.83. The van der Waals surface area contributed by atoms with Crippen LogP contribution in [0.3, 0.4) is 0 Å². The Kier molecular flexibility index (Phi) is 6.30. The van der Waals surface area contributed by atoms with Gasteiger partial charge in [0.25, 0.3) is 0 Å². The third-order valence-corrected chi connectivity index (χ3v) is 4.26. The van der Waals surface area contributed by atoms with E-state index in [1.54, 1.807) is 0 Å². The van der Waals surface area contributed by atoms with Gasteiger partial charge in [0.1, 0.15) is 0 Å². The van der Waals surface area contributed by atoms with Crippen LogP contribution in [-0.2, 0) is 22.5 Å². The summed E-state index contributed by atoms with van der Waals surface area (Å²) >= 11 is 0. The Labute approximate surface area is 127 Å². The first-order chi connectivity index (χ1) is 10.2. The van der Waals surface area contributed by atoms with Gasteiger partial charge in [0, 0.05) is 31.4 Å². The maximum absolute atomic E-state index is 11.2. The molecule has 0 radical (unpaired) electrons. The van der Waals surface area contributed by atoms with Crippen molar-refractivity contribution in [1.29, 1.82) is 0 Å². The Hall–Kier alpha value is -1.29. The number of nitrogens with zero attached hydrogens (tertiary/aromatic N) is 1. The zero-order valence-electron chi connectivity index (χ0n) is 13.4. The smallest absolute Gasteiger partial charge is 0.305 e.